The molecule has 0 aliphatic carbocycles. The van der Waals surface area contributed by atoms with Gasteiger partial charge in [0.2, 0.25) is 0 Å². The lowest BCUT2D eigenvalue weighted by atomic mass is 10.0. The largest absolute Gasteiger partial charge is 0.394 e. The first-order valence-corrected chi connectivity index (χ1v) is 9.05. The summed E-state index contributed by atoms with van der Waals surface area (Å²) in [6.45, 7) is 2.55. The third-order valence-corrected chi connectivity index (χ3v) is 4.22. The van der Waals surface area contributed by atoms with Gasteiger partial charge in [-0.2, -0.15) is 0 Å². The molecule has 0 aromatic rings. The maximum absolute atomic E-state index is 9.93. The molecular formula is C18H34O5. The van der Waals surface area contributed by atoms with Crippen molar-refractivity contribution in [1.29, 1.82) is 0 Å². The lowest BCUT2D eigenvalue weighted by molar-refractivity contribution is -0.211. The second-order valence-electron chi connectivity index (χ2n) is 6.26. The molecule has 3 N–H and O–H groups in total. The second-order valence-corrected chi connectivity index (χ2v) is 6.26. The predicted molar refractivity (Wildman–Crippen MR) is 90.3 cm³/mol. The van der Waals surface area contributed by atoms with E-state index in [4.69, 9.17) is 9.47 Å². The molecule has 1 fully saturated rings. The van der Waals surface area contributed by atoms with Crippen LogP contribution in [0.25, 0.3) is 0 Å². The van der Waals surface area contributed by atoms with Gasteiger partial charge in [-0.15, -0.1) is 0 Å². The summed E-state index contributed by atoms with van der Waals surface area (Å²) in [6.07, 6.45) is 10.6. The van der Waals surface area contributed by atoms with Gasteiger partial charge in [0.25, 0.3) is 0 Å². The van der Waals surface area contributed by atoms with Crippen molar-refractivity contribution in [2.24, 2.45) is 0 Å². The fraction of sp³-hybridized carbons (Fsp3) is 0.889. The van der Waals surface area contributed by atoms with E-state index in [1.165, 1.54) is 25.7 Å². The smallest absolute Gasteiger partial charge is 0.114 e. The summed E-state index contributed by atoms with van der Waals surface area (Å²) in [6, 6.07) is 0. The Morgan fingerprint density at radius 1 is 1.04 bits per heavy atom. The molecule has 136 valence electrons. The number of aliphatic hydroxyl groups excluding tert-OH is 3. The summed E-state index contributed by atoms with van der Waals surface area (Å²) in [7, 11) is 0. The first-order valence-electron chi connectivity index (χ1n) is 9.05. The van der Waals surface area contributed by atoms with Crippen LogP contribution >= 0.6 is 0 Å². The maximum Gasteiger partial charge on any atom is 0.114 e. The van der Waals surface area contributed by atoms with E-state index in [0.717, 1.165) is 25.7 Å². The van der Waals surface area contributed by atoms with Gasteiger partial charge in [-0.3, -0.25) is 0 Å². The van der Waals surface area contributed by atoms with E-state index in [0.29, 0.717) is 6.61 Å². The fourth-order valence-electron chi connectivity index (χ4n) is 2.71. The molecule has 0 amide bonds. The monoisotopic (exact) mass is 330 g/mol. The molecular weight excluding hydrogens is 296 g/mol. The van der Waals surface area contributed by atoms with Crippen LogP contribution in [-0.4, -0.2) is 59.6 Å². The summed E-state index contributed by atoms with van der Waals surface area (Å²) in [4.78, 5) is 0. The minimum atomic E-state index is -0.992. The van der Waals surface area contributed by atoms with Crippen LogP contribution < -0.4 is 0 Å². The molecule has 5 heteroatoms. The van der Waals surface area contributed by atoms with Gasteiger partial charge < -0.3 is 24.8 Å². The molecule has 0 unspecified atom stereocenters. The lowest BCUT2D eigenvalue weighted by Crippen LogP contribution is -2.55. The zero-order chi connectivity index (χ0) is 16.9. The first-order chi connectivity index (χ1) is 11.2. The number of ether oxygens (including phenoxy) is 2. The third kappa shape index (κ3) is 8.27. The Kier molecular flexibility index (Phi) is 11.5. The Hall–Kier alpha value is -0.460. The summed E-state index contributed by atoms with van der Waals surface area (Å²) in [5, 5.41) is 28.8. The Morgan fingerprint density at radius 3 is 2.43 bits per heavy atom. The Balaban J connectivity index is 2.04. The summed E-state index contributed by atoms with van der Waals surface area (Å²) >= 11 is 0. The van der Waals surface area contributed by atoms with Crippen molar-refractivity contribution in [2.75, 3.05) is 19.8 Å². The van der Waals surface area contributed by atoms with Crippen molar-refractivity contribution >= 4 is 0 Å². The van der Waals surface area contributed by atoms with Gasteiger partial charge in [0.1, 0.15) is 24.4 Å². The molecule has 0 bridgehead atoms. The van der Waals surface area contributed by atoms with Crippen LogP contribution in [-0.2, 0) is 9.47 Å². The van der Waals surface area contributed by atoms with Crippen LogP contribution in [0.2, 0.25) is 0 Å². The van der Waals surface area contributed by atoms with Gasteiger partial charge in [-0.1, -0.05) is 44.8 Å². The fourth-order valence-corrected chi connectivity index (χ4v) is 2.71. The highest BCUT2D eigenvalue weighted by Gasteiger charge is 2.39. The summed E-state index contributed by atoms with van der Waals surface area (Å²) < 4.78 is 10.9. The molecule has 1 aliphatic heterocycles. The van der Waals surface area contributed by atoms with Crippen LogP contribution in [0.15, 0.2) is 12.2 Å². The highest BCUT2D eigenvalue weighted by atomic mass is 16.6. The molecule has 0 spiro atoms. The molecule has 0 radical (unpaired) electrons. The number of hydrogen-bond donors (Lipinski definition) is 3. The standard InChI is InChI=1S/C18H34O5/c1-2-3-4-5-6-7-8-9-10-11-12-22-18-16(13-19)23-14-15(20)17(18)21/h5-6,15-21H,2-4,7-14H2,1H3/b6-5+/t15-,16+,17+,18+/m1/s1. The van der Waals surface area contributed by atoms with Crippen LogP contribution in [0.3, 0.4) is 0 Å². The Labute approximate surface area is 140 Å². The van der Waals surface area contributed by atoms with Crippen molar-refractivity contribution in [3.8, 4) is 0 Å². The molecule has 4 atom stereocenters. The zero-order valence-corrected chi connectivity index (χ0v) is 14.4. The van der Waals surface area contributed by atoms with Gasteiger partial charge in [0.15, 0.2) is 0 Å². The molecule has 0 aromatic carbocycles. The van der Waals surface area contributed by atoms with Crippen molar-refractivity contribution in [3.63, 3.8) is 0 Å². The number of aliphatic hydroxyl groups is 3. The molecule has 23 heavy (non-hydrogen) atoms. The molecule has 1 rings (SSSR count). The van der Waals surface area contributed by atoms with Crippen molar-refractivity contribution in [2.45, 2.75) is 82.7 Å². The minimum absolute atomic E-state index is 0.0397. The number of hydrogen-bond acceptors (Lipinski definition) is 5. The Bertz CT molecular complexity index is 306. The number of unbranched alkanes of at least 4 members (excludes halogenated alkanes) is 6. The molecule has 0 saturated carbocycles. The number of allylic oxidation sites excluding steroid dienone is 2. The van der Waals surface area contributed by atoms with Gasteiger partial charge in [-0.25, -0.2) is 0 Å². The Morgan fingerprint density at radius 2 is 1.74 bits per heavy atom. The van der Waals surface area contributed by atoms with Gasteiger partial charge in [0, 0.05) is 6.61 Å². The van der Waals surface area contributed by atoms with E-state index in [1.807, 2.05) is 0 Å². The van der Waals surface area contributed by atoms with Crippen molar-refractivity contribution in [1.82, 2.24) is 0 Å². The average molecular weight is 330 g/mol. The zero-order valence-electron chi connectivity index (χ0n) is 14.4. The second kappa shape index (κ2) is 12.9. The van der Waals surface area contributed by atoms with Crippen molar-refractivity contribution < 1.29 is 24.8 Å². The first kappa shape index (κ1) is 20.6. The quantitative estimate of drug-likeness (QED) is 0.377. The van der Waals surface area contributed by atoms with Crippen LogP contribution in [0, 0.1) is 0 Å². The lowest BCUT2D eigenvalue weighted by Gasteiger charge is -2.37. The highest BCUT2D eigenvalue weighted by Crippen LogP contribution is 2.19. The summed E-state index contributed by atoms with van der Waals surface area (Å²) in [5.74, 6) is 0. The maximum atomic E-state index is 9.93. The van der Waals surface area contributed by atoms with E-state index in [2.05, 4.69) is 19.1 Å². The normalized spacial score (nSPS) is 28.5. The van der Waals surface area contributed by atoms with Gasteiger partial charge in [-0.05, 0) is 25.7 Å². The van der Waals surface area contributed by atoms with Gasteiger partial charge in [0.05, 0.1) is 13.2 Å². The molecule has 5 nitrogen and oxygen atoms in total. The molecule has 1 aliphatic rings. The molecule has 1 saturated heterocycles. The van der Waals surface area contributed by atoms with Crippen LogP contribution in [0.4, 0.5) is 0 Å². The van der Waals surface area contributed by atoms with E-state index >= 15 is 0 Å². The topological polar surface area (TPSA) is 79.2 Å². The van der Waals surface area contributed by atoms with Gasteiger partial charge >= 0.3 is 0 Å². The average Bonchev–Trinajstić information content (AvgIpc) is 2.56. The van der Waals surface area contributed by atoms with Crippen LogP contribution in [0.1, 0.15) is 58.3 Å². The SMILES string of the molecule is CCCC/C=C/CCCCCCO[C@@H]1[C@@H](O)[C@H](O)CO[C@H]1CO. The highest BCUT2D eigenvalue weighted by molar-refractivity contribution is 4.87. The third-order valence-electron chi connectivity index (χ3n) is 4.22. The van der Waals surface area contributed by atoms with E-state index in [9.17, 15) is 15.3 Å². The van der Waals surface area contributed by atoms with E-state index < -0.39 is 24.4 Å². The molecule has 1 heterocycles. The number of rotatable bonds is 12. The van der Waals surface area contributed by atoms with Crippen LogP contribution in [0.5, 0.6) is 0 Å². The predicted octanol–water partition coefficient (Wildman–Crippen LogP) is 2.18. The van der Waals surface area contributed by atoms with E-state index in [1.54, 1.807) is 0 Å². The van der Waals surface area contributed by atoms with E-state index in [-0.39, 0.29) is 13.2 Å². The molecule has 0 aromatic heterocycles. The minimum Gasteiger partial charge on any atom is -0.394 e. The summed E-state index contributed by atoms with van der Waals surface area (Å²) in [5.41, 5.74) is 0. The van der Waals surface area contributed by atoms with Crippen molar-refractivity contribution in [3.05, 3.63) is 12.2 Å².